The van der Waals surface area contributed by atoms with Gasteiger partial charge in [0, 0.05) is 38.5 Å². The number of aromatic nitrogens is 5. The first-order chi connectivity index (χ1) is 20.8. The van der Waals surface area contributed by atoms with E-state index in [0.717, 1.165) is 32.7 Å². The van der Waals surface area contributed by atoms with Crippen LogP contribution in [0.1, 0.15) is 5.69 Å². The van der Waals surface area contributed by atoms with Gasteiger partial charge in [-0.3, -0.25) is 4.57 Å². The van der Waals surface area contributed by atoms with Crippen molar-refractivity contribution >= 4 is 81.7 Å². The van der Waals surface area contributed by atoms with Crippen LogP contribution in [0.15, 0.2) is 109 Å². The number of fused-ring (bicyclic) bond motifs is 13. The van der Waals surface area contributed by atoms with Crippen molar-refractivity contribution in [1.29, 1.82) is 5.26 Å². The maximum atomic E-state index is 10.1. The van der Waals surface area contributed by atoms with E-state index in [1.54, 1.807) is 6.20 Å². The van der Waals surface area contributed by atoms with Gasteiger partial charge in [-0.05, 0) is 47.2 Å². The molecule has 0 saturated heterocycles. The number of pyridine rings is 1. The summed E-state index contributed by atoms with van der Waals surface area (Å²) in [7, 11) is 0. The third kappa shape index (κ3) is 2.52. The Morgan fingerprint density at radius 1 is 0.571 bits per heavy atom. The first-order valence-corrected chi connectivity index (χ1v) is 13.9. The Bertz CT molecular complexity index is 2810. The molecule has 0 atom stereocenters. The van der Waals surface area contributed by atoms with Gasteiger partial charge in [-0.1, -0.05) is 66.7 Å². The number of hydrogen-bond acceptors (Lipinski definition) is 4. The normalized spacial score (nSPS) is 12.3. The highest BCUT2D eigenvalue weighted by molar-refractivity contribution is 6.36. The van der Waals surface area contributed by atoms with Crippen LogP contribution in [0.2, 0.25) is 0 Å². The molecule has 0 N–H and O–H groups in total. The van der Waals surface area contributed by atoms with Crippen LogP contribution in [0, 0.1) is 11.3 Å². The van der Waals surface area contributed by atoms with Gasteiger partial charge in [-0.15, -0.1) is 0 Å². The molecule has 6 nitrogen and oxygen atoms in total. The van der Waals surface area contributed by atoms with Crippen molar-refractivity contribution in [3.8, 4) is 12.0 Å². The summed E-state index contributed by atoms with van der Waals surface area (Å²) in [5.74, 6) is 0.440. The van der Waals surface area contributed by atoms with Gasteiger partial charge in [0.2, 0.25) is 5.95 Å². The number of nitrogens with zero attached hydrogens (tertiary/aromatic N) is 6. The molecule has 42 heavy (non-hydrogen) atoms. The van der Waals surface area contributed by atoms with Gasteiger partial charge >= 0.3 is 0 Å². The molecule has 192 valence electrons. The molecular weight excluding hydrogens is 516 g/mol. The maximum Gasteiger partial charge on any atom is 0.238 e. The summed E-state index contributed by atoms with van der Waals surface area (Å²) >= 11 is 0. The van der Waals surface area contributed by atoms with E-state index in [9.17, 15) is 5.26 Å². The third-order valence-corrected chi connectivity index (χ3v) is 8.75. The van der Waals surface area contributed by atoms with E-state index in [1.807, 2.05) is 12.1 Å². The van der Waals surface area contributed by atoms with Crippen molar-refractivity contribution in [1.82, 2.24) is 23.9 Å². The Morgan fingerprint density at radius 2 is 1.31 bits per heavy atom. The summed E-state index contributed by atoms with van der Waals surface area (Å²) in [4.78, 5) is 14.3. The fourth-order valence-electron chi connectivity index (χ4n) is 7.12. The summed E-state index contributed by atoms with van der Waals surface area (Å²) in [5, 5.41) is 20.1. The molecule has 0 fully saturated rings. The van der Waals surface area contributed by atoms with Gasteiger partial charge in [-0.2, -0.15) is 10.2 Å². The van der Waals surface area contributed by atoms with Crippen molar-refractivity contribution in [3.05, 3.63) is 115 Å². The maximum absolute atomic E-state index is 10.1. The molecule has 0 amide bonds. The Morgan fingerprint density at radius 3 is 2.17 bits per heavy atom. The molecular formula is C36H18N6. The number of rotatable bonds is 1. The number of para-hydroxylation sites is 2. The average Bonchev–Trinajstić information content (AvgIpc) is 3.68. The van der Waals surface area contributed by atoms with Crippen LogP contribution in [0.4, 0.5) is 0 Å². The zero-order valence-electron chi connectivity index (χ0n) is 22.1. The van der Waals surface area contributed by atoms with Crippen molar-refractivity contribution < 1.29 is 0 Å². The quantitative estimate of drug-likeness (QED) is 0.212. The van der Waals surface area contributed by atoms with Gasteiger partial charge in [0.15, 0.2) is 11.3 Å². The molecule has 5 aromatic carbocycles. The molecule has 5 aromatic heterocycles. The smallest absolute Gasteiger partial charge is 0.238 e. The zero-order chi connectivity index (χ0) is 27.5. The van der Waals surface area contributed by atoms with E-state index in [-0.39, 0.29) is 0 Å². The summed E-state index contributed by atoms with van der Waals surface area (Å²) in [5.41, 5.74) is 6.36. The van der Waals surface area contributed by atoms with Gasteiger partial charge in [0.05, 0.1) is 33.0 Å². The Balaban J connectivity index is 1.55. The lowest BCUT2D eigenvalue weighted by atomic mass is 10.0. The SMILES string of the molecule is N#Cc1nc(-n2c3ccc4ccccc4c3c3cc4c5ccccc5n5c6ccccc6c(c32)c45)nc2ncccc12. The molecule has 0 aliphatic heterocycles. The summed E-state index contributed by atoms with van der Waals surface area (Å²) in [6.45, 7) is 0. The van der Waals surface area contributed by atoms with Crippen molar-refractivity contribution in [2.24, 2.45) is 0 Å². The Kier molecular flexibility index (Phi) is 3.91. The molecule has 0 aliphatic rings. The van der Waals surface area contributed by atoms with Crippen LogP contribution in [-0.4, -0.2) is 23.9 Å². The third-order valence-electron chi connectivity index (χ3n) is 8.75. The van der Waals surface area contributed by atoms with Crippen molar-refractivity contribution in [2.75, 3.05) is 0 Å². The van der Waals surface area contributed by atoms with Crippen LogP contribution in [0.25, 0.3) is 87.7 Å². The van der Waals surface area contributed by atoms with Crippen LogP contribution in [0.5, 0.6) is 0 Å². The van der Waals surface area contributed by atoms with Crippen LogP contribution in [0.3, 0.4) is 0 Å². The van der Waals surface area contributed by atoms with E-state index in [2.05, 4.69) is 111 Å². The molecule has 0 unspecified atom stereocenters. The molecule has 0 bridgehead atoms. The Labute approximate surface area is 237 Å². The largest absolute Gasteiger partial charge is 0.308 e. The lowest BCUT2D eigenvalue weighted by Crippen LogP contribution is -2.04. The second-order valence-corrected chi connectivity index (χ2v) is 10.8. The summed E-state index contributed by atoms with van der Waals surface area (Å²) in [6, 6.07) is 38.3. The number of nitriles is 1. The van der Waals surface area contributed by atoms with Crippen LogP contribution in [-0.2, 0) is 0 Å². The lowest BCUT2D eigenvalue weighted by Gasteiger charge is -2.09. The van der Waals surface area contributed by atoms with E-state index in [4.69, 9.17) is 9.97 Å². The lowest BCUT2D eigenvalue weighted by molar-refractivity contribution is 0.996. The van der Waals surface area contributed by atoms with E-state index >= 15 is 0 Å². The topological polar surface area (TPSA) is 71.8 Å². The van der Waals surface area contributed by atoms with E-state index < -0.39 is 0 Å². The van der Waals surface area contributed by atoms with Gasteiger partial charge in [0.25, 0.3) is 0 Å². The fourth-order valence-corrected chi connectivity index (χ4v) is 7.12. The average molecular weight is 535 g/mol. The van der Waals surface area contributed by atoms with Crippen molar-refractivity contribution in [2.45, 2.75) is 0 Å². The minimum absolute atomic E-state index is 0.311. The minimum atomic E-state index is 0.311. The second kappa shape index (κ2) is 7.57. The number of benzene rings is 5. The van der Waals surface area contributed by atoms with E-state index in [1.165, 1.54) is 38.0 Å². The minimum Gasteiger partial charge on any atom is -0.308 e. The highest BCUT2D eigenvalue weighted by atomic mass is 15.2. The highest BCUT2D eigenvalue weighted by Crippen LogP contribution is 2.47. The summed E-state index contributed by atoms with van der Waals surface area (Å²) < 4.78 is 4.53. The van der Waals surface area contributed by atoms with Gasteiger partial charge < -0.3 is 4.40 Å². The predicted octanol–water partition coefficient (Wildman–Crippen LogP) is 8.30. The molecule has 5 heterocycles. The molecule has 0 saturated carbocycles. The van der Waals surface area contributed by atoms with Gasteiger partial charge in [-0.25, -0.2) is 9.97 Å². The number of hydrogen-bond donors (Lipinski definition) is 0. The van der Waals surface area contributed by atoms with Crippen LogP contribution >= 0.6 is 0 Å². The molecule has 0 spiro atoms. The standard InChI is InChI=1S/C36H18N6/c37-19-27-23-12-7-17-38-35(23)40-36(39-27)42-30-16-15-20-8-1-2-9-21(20)31(30)26-18-25-22-10-3-5-13-28(22)41-29-14-6-4-11-24(29)32(33(25)41)34(26)42/h1-18H. The fraction of sp³-hybridized carbons (Fsp3) is 0. The predicted molar refractivity (Wildman–Crippen MR) is 169 cm³/mol. The first kappa shape index (κ1) is 21.7. The molecule has 0 radical (unpaired) electrons. The Hall–Kier alpha value is -6.06. The van der Waals surface area contributed by atoms with Crippen LogP contribution < -0.4 is 0 Å². The van der Waals surface area contributed by atoms with Gasteiger partial charge in [0.1, 0.15) is 6.07 Å². The summed E-state index contributed by atoms with van der Waals surface area (Å²) in [6.07, 6.45) is 1.71. The monoisotopic (exact) mass is 534 g/mol. The molecule has 0 aliphatic carbocycles. The highest BCUT2D eigenvalue weighted by Gasteiger charge is 2.26. The zero-order valence-corrected chi connectivity index (χ0v) is 22.1. The molecule has 6 heteroatoms. The first-order valence-electron chi connectivity index (χ1n) is 13.9. The van der Waals surface area contributed by atoms with Crippen molar-refractivity contribution in [3.63, 3.8) is 0 Å². The van der Waals surface area contributed by atoms with E-state index in [0.29, 0.717) is 22.7 Å². The second-order valence-electron chi connectivity index (χ2n) is 10.8. The molecule has 10 aromatic rings. The molecule has 10 rings (SSSR count).